The molecular formula is C19H19ClN2O2. The first-order valence-corrected chi connectivity index (χ1v) is 8.43. The van der Waals surface area contributed by atoms with E-state index in [0.717, 1.165) is 18.4 Å². The highest BCUT2D eigenvalue weighted by Crippen LogP contribution is 2.20. The first-order valence-electron chi connectivity index (χ1n) is 8.05. The summed E-state index contributed by atoms with van der Waals surface area (Å²) < 4.78 is 0. The minimum atomic E-state index is -0.0903. The second-order valence-corrected chi connectivity index (χ2v) is 6.44. The molecule has 2 amide bonds. The van der Waals surface area contributed by atoms with Crippen LogP contribution in [0.4, 0.5) is 5.69 Å². The Morgan fingerprint density at radius 1 is 1.08 bits per heavy atom. The zero-order valence-electron chi connectivity index (χ0n) is 13.2. The van der Waals surface area contributed by atoms with Crippen LogP contribution in [0.15, 0.2) is 48.5 Å². The van der Waals surface area contributed by atoms with E-state index in [0.29, 0.717) is 35.2 Å². The Morgan fingerprint density at radius 3 is 2.62 bits per heavy atom. The third-order valence-electron chi connectivity index (χ3n) is 3.85. The molecule has 0 saturated heterocycles. The number of halogens is 1. The SMILES string of the molecule is O=C(CCc1cccc(Cl)c1)Nc1cccc(C(=O)NC2CC2)c1. The lowest BCUT2D eigenvalue weighted by molar-refractivity contribution is -0.116. The molecule has 0 heterocycles. The van der Waals surface area contributed by atoms with Crippen LogP contribution in [0.1, 0.15) is 35.2 Å². The van der Waals surface area contributed by atoms with Crippen molar-refractivity contribution in [1.82, 2.24) is 5.32 Å². The summed E-state index contributed by atoms with van der Waals surface area (Å²) in [6.45, 7) is 0. The zero-order valence-corrected chi connectivity index (χ0v) is 14.0. The summed E-state index contributed by atoms with van der Waals surface area (Å²) in [5.41, 5.74) is 2.22. The van der Waals surface area contributed by atoms with Gasteiger partial charge >= 0.3 is 0 Å². The Kier molecular flexibility index (Phi) is 5.16. The predicted molar refractivity (Wildman–Crippen MR) is 95.3 cm³/mol. The fourth-order valence-electron chi connectivity index (χ4n) is 2.41. The van der Waals surface area contributed by atoms with Crippen molar-refractivity contribution in [3.05, 3.63) is 64.7 Å². The van der Waals surface area contributed by atoms with E-state index in [1.165, 1.54) is 0 Å². The highest BCUT2D eigenvalue weighted by atomic mass is 35.5. The number of hydrogen-bond acceptors (Lipinski definition) is 2. The van der Waals surface area contributed by atoms with Gasteiger partial charge in [-0.1, -0.05) is 29.8 Å². The molecule has 3 rings (SSSR count). The molecular weight excluding hydrogens is 324 g/mol. The van der Waals surface area contributed by atoms with Crippen LogP contribution in [-0.4, -0.2) is 17.9 Å². The summed E-state index contributed by atoms with van der Waals surface area (Å²) in [4.78, 5) is 24.1. The number of benzene rings is 2. The van der Waals surface area contributed by atoms with E-state index < -0.39 is 0 Å². The number of anilines is 1. The van der Waals surface area contributed by atoms with Gasteiger partial charge in [-0.25, -0.2) is 0 Å². The van der Waals surface area contributed by atoms with Crippen molar-refractivity contribution < 1.29 is 9.59 Å². The number of rotatable bonds is 6. The summed E-state index contributed by atoms with van der Waals surface area (Å²) in [5, 5.41) is 6.45. The number of amides is 2. The molecule has 0 atom stereocenters. The number of carbonyl (C=O) groups excluding carboxylic acids is 2. The van der Waals surface area contributed by atoms with E-state index in [4.69, 9.17) is 11.6 Å². The van der Waals surface area contributed by atoms with Crippen LogP contribution in [0.5, 0.6) is 0 Å². The molecule has 124 valence electrons. The molecule has 5 heteroatoms. The van der Waals surface area contributed by atoms with Crippen molar-refractivity contribution >= 4 is 29.1 Å². The van der Waals surface area contributed by atoms with Gasteiger partial charge in [0.2, 0.25) is 5.91 Å². The van der Waals surface area contributed by atoms with Crippen LogP contribution in [0.3, 0.4) is 0 Å². The Bertz CT molecular complexity index is 757. The lowest BCUT2D eigenvalue weighted by Crippen LogP contribution is -2.25. The van der Waals surface area contributed by atoms with Crippen LogP contribution in [-0.2, 0) is 11.2 Å². The summed E-state index contributed by atoms with van der Waals surface area (Å²) in [5.74, 6) is -0.178. The Morgan fingerprint density at radius 2 is 1.88 bits per heavy atom. The van der Waals surface area contributed by atoms with Crippen LogP contribution in [0.2, 0.25) is 5.02 Å². The average Bonchev–Trinajstić information content (AvgIpc) is 3.37. The maximum Gasteiger partial charge on any atom is 0.251 e. The van der Waals surface area contributed by atoms with Crippen molar-refractivity contribution in [1.29, 1.82) is 0 Å². The van der Waals surface area contributed by atoms with Gasteiger partial charge in [0.25, 0.3) is 5.91 Å². The second kappa shape index (κ2) is 7.49. The molecule has 0 aliphatic heterocycles. The molecule has 0 radical (unpaired) electrons. The van der Waals surface area contributed by atoms with Crippen molar-refractivity contribution in [2.24, 2.45) is 0 Å². The second-order valence-electron chi connectivity index (χ2n) is 6.01. The van der Waals surface area contributed by atoms with E-state index >= 15 is 0 Å². The quantitative estimate of drug-likeness (QED) is 0.838. The molecule has 2 aromatic rings. The summed E-state index contributed by atoms with van der Waals surface area (Å²) in [6.07, 6.45) is 3.07. The number of nitrogens with one attached hydrogen (secondary N) is 2. The normalized spacial score (nSPS) is 13.4. The molecule has 1 fully saturated rings. The van der Waals surface area contributed by atoms with Gasteiger partial charge in [-0.3, -0.25) is 9.59 Å². The van der Waals surface area contributed by atoms with E-state index in [1.807, 2.05) is 24.3 Å². The molecule has 1 aliphatic carbocycles. The van der Waals surface area contributed by atoms with E-state index in [-0.39, 0.29) is 11.8 Å². The first-order chi connectivity index (χ1) is 11.6. The number of aryl methyl sites for hydroxylation is 1. The molecule has 0 bridgehead atoms. The Hall–Kier alpha value is -2.33. The smallest absolute Gasteiger partial charge is 0.251 e. The minimum Gasteiger partial charge on any atom is -0.349 e. The minimum absolute atomic E-state index is 0.0882. The van der Waals surface area contributed by atoms with Crippen molar-refractivity contribution in [3.8, 4) is 0 Å². The van der Waals surface area contributed by atoms with Crippen LogP contribution >= 0.6 is 11.6 Å². The highest BCUT2D eigenvalue weighted by Gasteiger charge is 2.23. The molecule has 0 unspecified atom stereocenters. The molecule has 0 spiro atoms. The lowest BCUT2D eigenvalue weighted by atomic mass is 10.1. The Balaban J connectivity index is 1.54. The molecule has 4 nitrogen and oxygen atoms in total. The van der Waals surface area contributed by atoms with Gasteiger partial charge in [-0.2, -0.15) is 0 Å². The predicted octanol–water partition coefficient (Wildman–Crippen LogP) is 3.80. The molecule has 0 aromatic heterocycles. The summed E-state index contributed by atoms with van der Waals surface area (Å²) in [6, 6.07) is 14.8. The maximum absolute atomic E-state index is 12.1. The van der Waals surface area contributed by atoms with Crippen molar-refractivity contribution in [2.45, 2.75) is 31.7 Å². The van der Waals surface area contributed by atoms with Crippen LogP contribution < -0.4 is 10.6 Å². The van der Waals surface area contributed by atoms with E-state index in [1.54, 1.807) is 24.3 Å². The van der Waals surface area contributed by atoms with Crippen LogP contribution in [0, 0.1) is 0 Å². The van der Waals surface area contributed by atoms with Gasteiger partial charge < -0.3 is 10.6 Å². The highest BCUT2D eigenvalue weighted by molar-refractivity contribution is 6.30. The number of hydrogen-bond donors (Lipinski definition) is 2. The van der Waals surface area contributed by atoms with Gasteiger partial charge in [0.1, 0.15) is 0 Å². The van der Waals surface area contributed by atoms with Crippen LogP contribution in [0.25, 0.3) is 0 Å². The van der Waals surface area contributed by atoms with Gasteiger partial charge in [-0.15, -0.1) is 0 Å². The maximum atomic E-state index is 12.1. The third kappa shape index (κ3) is 4.83. The Labute approximate surface area is 146 Å². The molecule has 2 aromatic carbocycles. The first kappa shape index (κ1) is 16.5. The van der Waals surface area contributed by atoms with Gasteiger partial charge in [0, 0.05) is 28.7 Å². The largest absolute Gasteiger partial charge is 0.349 e. The molecule has 24 heavy (non-hydrogen) atoms. The lowest BCUT2D eigenvalue weighted by Gasteiger charge is -2.08. The average molecular weight is 343 g/mol. The fourth-order valence-corrected chi connectivity index (χ4v) is 2.62. The summed E-state index contributed by atoms with van der Waals surface area (Å²) in [7, 11) is 0. The standard InChI is InChI=1S/C19H19ClN2O2/c20-15-5-1-3-13(11-15)7-10-18(23)21-17-6-2-4-14(12-17)19(24)22-16-8-9-16/h1-6,11-12,16H,7-10H2,(H,21,23)(H,22,24). The van der Waals surface area contributed by atoms with Gasteiger partial charge in [0.05, 0.1) is 0 Å². The van der Waals surface area contributed by atoms with E-state index in [9.17, 15) is 9.59 Å². The third-order valence-corrected chi connectivity index (χ3v) is 4.09. The summed E-state index contributed by atoms with van der Waals surface area (Å²) >= 11 is 5.94. The molecule has 1 aliphatic rings. The monoisotopic (exact) mass is 342 g/mol. The van der Waals surface area contributed by atoms with E-state index in [2.05, 4.69) is 10.6 Å². The van der Waals surface area contributed by atoms with Crippen molar-refractivity contribution in [3.63, 3.8) is 0 Å². The van der Waals surface area contributed by atoms with Gasteiger partial charge in [0.15, 0.2) is 0 Å². The molecule has 1 saturated carbocycles. The molecule has 2 N–H and O–H groups in total. The fraction of sp³-hybridized carbons (Fsp3) is 0.263. The van der Waals surface area contributed by atoms with Crippen molar-refractivity contribution in [2.75, 3.05) is 5.32 Å². The zero-order chi connectivity index (χ0) is 16.9. The van der Waals surface area contributed by atoms with Gasteiger partial charge in [-0.05, 0) is 55.2 Å². The number of carbonyl (C=O) groups is 2. The topological polar surface area (TPSA) is 58.2 Å².